The number of carbonyl (C=O) groups excluding carboxylic acids is 1. The predicted molar refractivity (Wildman–Crippen MR) is 64.2 cm³/mol. The molecule has 0 amide bonds. The Morgan fingerprint density at radius 2 is 1.94 bits per heavy atom. The summed E-state index contributed by atoms with van der Waals surface area (Å²) >= 11 is 0. The zero-order valence-corrected chi connectivity index (χ0v) is 11.0. The number of hydrogen-bond acceptors (Lipinski definition) is 4. The lowest BCUT2D eigenvalue weighted by Gasteiger charge is -2.23. The average Bonchev–Trinajstić information content (AvgIpc) is 2.22. The predicted octanol–water partition coefficient (Wildman–Crippen LogP) is 1.32. The van der Waals surface area contributed by atoms with Gasteiger partial charge in [-0.05, 0) is 32.6 Å². The van der Waals surface area contributed by atoms with Gasteiger partial charge in [-0.2, -0.15) is 0 Å². The third kappa shape index (κ3) is 6.08. The number of nitrogens with one attached hydrogen (secondary N) is 1. The maximum atomic E-state index is 11.2. The first-order valence-corrected chi connectivity index (χ1v) is 5.83. The van der Waals surface area contributed by atoms with Crippen molar-refractivity contribution in [2.24, 2.45) is 5.92 Å². The van der Waals surface area contributed by atoms with Gasteiger partial charge in [0.25, 0.3) is 0 Å². The van der Waals surface area contributed by atoms with Gasteiger partial charge in [-0.1, -0.05) is 13.8 Å². The molecule has 0 aromatic rings. The highest BCUT2D eigenvalue weighted by molar-refractivity contribution is 5.78. The van der Waals surface area contributed by atoms with E-state index in [1.54, 1.807) is 0 Å². The minimum absolute atomic E-state index is 0.221. The van der Waals surface area contributed by atoms with E-state index >= 15 is 0 Å². The molecule has 4 heteroatoms. The maximum absolute atomic E-state index is 11.2. The molecule has 0 aromatic carbocycles. The Bertz CT molecular complexity index is 214. The van der Waals surface area contributed by atoms with Gasteiger partial charge >= 0.3 is 5.97 Å². The molecule has 0 fully saturated rings. The van der Waals surface area contributed by atoms with Crippen LogP contribution in [-0.2, 0) is 9.53 Å². The molecule has 0 rings (SSSR count). The third-order valence-corrected chi connectivity index (χ3v) is 2.60. The Hall–Kier alpha value is -0.610. The molecule has 0 aliphatic rings. The number of hydrogen-bond donors (Lipinski definition) is 2. The molecule has 2 N–H and O–H groups in total. The van der Waals surface area contributed by atoms with Crippen LogP contribution in [-0.4, -0.2) is 36.4 Å². The summed E-state index contributed by atoms with van der Waals surface area (Å²) in [5.74, 6) is 0.0708. The van der Waals surface area contributed by atoms with Gasteiger partial charge in [0.2, 0.25) is 0 Å². The summed E-state index contributed by atoms with van der Waals surface area (Å²) in [5.41, 5.74) is -1.44. The van der Waals surface area contributed by atoms with Crippen LogP contribution in [0.5, 0.6) is 0 Å². The number of esters is 1. The molecule has 16 heavy (non-hydrogen) atoms. The summed E-state index contributed by atoms with van der Waals surface area (Å²) in [6.07, 6.45) is 2.17. The van der Waals surface area contributed by atoms with Crippen LogP contribution in [0.3, 0.4) is 0 Å². The molecule has 2 unspecified atom stereocenters. The molecule has 0 saturated carbocycles. The minimum atomic E-state index is -1.44. The van der Waals surface area contributed by atoms with E-state index in [1.807, 2.05) is 0 Å². The van der Waals surface area contributed by atoms with Crippen molar-refractivity contribution in [2.45, 2.75) is 52.2 Å². The van der Waals surface area contributed by atoms with Crippen LogP contribution in [0.2, 0.25) is 0 Å². The van der Waals surface area contributed by atoms with E-state index in [4.69, 9.17) is 0 Å². The lowest BCUT2D eigenvalue weighted by Crippen LogP contribution is -2.47. The molecule has 0 bridgehead atoms. The smallest absolute Gasteiger partial charge is 0.338 e. The molecular weight excluding hydrogens is 206 g/mol. The molecule has 0 spiro atoms. The van der Waals surface area contributed by atoms with Crippen molar-refractivity contribution in [1.82, 2.24) is 5.32 Å². The number of methoxy groups -OCH3 is 1. The number of ether oxygens (including phenoxy) is 1. The quantitative estimate of drug-likeness (QED) is 0.649. The Kier molecular flexibility index (Phi) is 6.60. The monoisotopic (exact) mass is 231 g/mol. The van der Waals surface area contributed by atoms with Crippen molar-refractivity contribution >= 4 is 5.97 Å². The van der Waals surface area contributed by atoms with Crippen LogP contribution < -0.4 is 5.32 Å². The fraction of sp³-hybridized carbons (Fsp3) is 0.917. The molecule has 0 aromatic heterocycles. The normalized spacial score (nSPS) is 16.9. The Morgan fingerprint density at radius 1 is 1.38 bits per heavy atom. The van der Waals surface area contributed by atoms with E-state index in [2.05, 4.69) is 30.8 Å². The highest BCUT2D eigenvalue weighted by Gasteiger charge is 2.31. The summed E-state index contributed by atoms with van der Waals surface area (Å²) in [5, 5.41) is 12.9. The molecular formula is C12H25NO3. The SMILES string of the molecule is COC(=O)C(C)(O)CNC(C)CCC(C)C. The molecule has 0 aliphatic heterocycles. The second kappa shape index (κ2) is 6.86. The van der Waals surface area contributed by atoms with Gasteiger partial charge in [0.05, 0.1) is 7.11 Å². The van der Waals surface area contributed by atoms with Crippen molar-refractivity contribution in [3.05, 3.63) is 0 Å². The summed E-state index contributed by atoms with van der Waals surface area (Å²) in [6, 6.07) is 0.290. The Labute approximate surface area is 98.4 Å². The van der Waals surface area contributed by atoms with Crippen molar-refractivity contribution in [3.8, 4) is 0 Å². The molecule has 2 atom stereocenters. The second-order valence-electron chi connectivity index (χ2n) is 5.02. The fourth-order valence-corrected chi connectivity index (χ4v) is 1.35. The van der Waals surface area contributed by atoms with Crippen molar-refractivity contribution in [3.63, 3.8) is 0 Å². The van der Waals surface area contributed by atoms with Crippen molar-refractivity contribution in [1.29, 1.82) is 0 Å². The summed E-state index contributed by atoms with van der Waals surface area (Å²) in [7, 11) is 1.28. The molecule has 0 heterocycles. The zero-order chi connectivity index (χ0) is 12.8. The molecule has 0 aliphatic carbocycles. The van der Waals surface area contributed by atoms with Gasteiger partial charge in [0, 0.05) is 12.6 Å². The number of carbonyl (C=O) groups is 1. The summed E-state index contributed by atoms with van der Waals surface area (Å²) < 4.78 is 4.52. The third-order valence-electron chi connectivity index (χ3n) is 2.60. The van der Waals surface area contributed by atoms with E-state index in [1.165, 1.54) is 14.0 Å². The Balaban J connectivity index is 3.90. The maximum Gasteiger partial charge on any atom is 0.338 e. The van der Waals surface area contributed by atoms with Crippen LogP contribution in [0.25, 0.3) is 0 Å². The van der Waals surface area contributed by atoms with Crippen LogP contribution >= 0.6 is 0 Å². The topological polar surface area (TPSA) is 58.6 Å². The van der Waals surface area contributed by atoms with E-state index in [0.717, 1.165) is 12.8 Å². The van der Waals surface area contributed by atoms with E-state index in [0.29, 0.717) is 12.0 Å². The standard InChI is InChI=1S/C12H25NO3/c1-9(2)6-7-10(3)13-8-12(4,15)11(14)16-5/h9-10,13,15H,6-8H2,1-5H3. The van der Waals surface area contributed by atoms with Gasteiger partial charge < -0.3 is 15.2 Å². The van der Waals surface area contributed by atoms with Gasteiger partial charge in [-0.25, -0.2) is 4.79 Å². The van der Waals surface area contributed by atoms with Crippen LogP contribution in [0, 0.1) is 5.92 Å². The number of rotatable bonds is 7. The molecule has 0 radical (unpaired) electrons. The van der Waals surface area contributed by atoms with E-state index < -0.39 is 11.6 Å². The van der Waals surface area contributed by atoms with E-state index in [9.17, 15) is 9.90 Å². The Morgan fingerprint density at radius 3 is 2.38 bits per heavy atom. The molecule has 0 saturated heterocycles. The van der Waals surface area contributed by atoms with Gasteiger partial charge in [0.15, 0.2) is 5.60 Å². The van der Waals surface area contributed by atoms with Gasteiger partial charge in [0.1, 0.15) is 0 Å². The first-order chi connectivity index (χ1) is 7.29. The van der Waals surface area contributed by atoms with E-state index in [-0.39, 0.29) is 6.54 Å². The first-order valence-electron chi connectivity index (χ1n) is 5.83. The van der Waals surface area contributed by atoms with Crippen molar-refractivity contribution < 1.29 is 14.6 Å². The van der Waals surface area contributed by atoms with Crippen LogP contribution in [0.4, 0.5) is 0 Å². The van der Waals surface area contributed by atoms with Crippen LogP contribution in [0.1, 0.15) is 40.5 Å². The highest BCUT2D eigenvalue weighted by atomic mass is 16.5. The molecule has 4 nitrogen and oxygen atoms in total. The average molecular weight is 231 g/mol. The van der Waals surface area contributed by atoms with Crippen molar-refractivity contribution in [2.75, 3.05) is 13.7 Å². The second-order valence-corrected chi connectivity index (χ2v) is 5.02. The fourth-order valence-electron chi connectivity index (χ4n) is 1.35. The van der Waals surface area contributed by atoms with Gasteiger partial charge in [-0.15, -0.1) is 0 Å². The molecule has 96 valence electrons. The zero-order valence-electron chi connectivity index (χ0n) is 11.0. The lowest BCUT2D eigenvalue weighted by molar-refractivity contribution is -0.160. The number of aliphatic hydroxyl groups is 1. The summed E-state index contributed by atoms with van der Waals surface area (Å²) in [6.45, 7) is 8.09. The van der Waals surface area contributed by atoms with Crippen LogP contribution in [0.15, 0.2) is 0 Å². The summed E-state index contributed by atoms with van der Waals surface area (Å²) in [4.78, 5) is 11.2. The first kappa shape index (κ1) is 15.4. The minimum Gasteiger partial charge on any atom is -0.467 e. The largest absolute Gasteiger partial charge is 0.467 e. The lowest BCUT2D eigenvalue weighted by atomic mass is 10.0. The van der Waals surface area contributed by atoms with Gasteiger partial charge in [-0.3, -0.25) is 0 Å². The highest BCUT2D eigenvalue weighted by Crippen LogP contribution is 2.08.